The maximum Gasteiger partial charge on any atom is 0.274 e. The second-order valence-corrected chi connectivity index (χ2v) is 5.62. The van der Waals surface area contributed by atoms with Crippen LogP contribution in [0.3, 0.4) is 0 Å². The lowest BCUT2D eigenvalue weighted by atomic mass is 10.1. The number of aromatic hydroxyl groups is 2. The molecule has 0 fully saturated rings. The van der Waals surface area contributed by atoms with Crippen molar-refractivity contribution >= 4 is 11.7 Å². The quantitative estimate of drug-likeness (QED) is 0.412. The standard InChI is InChI=1S/C18H17N5O3/c1-11(14-8-7-13(24)10-16(14)25)20-22-18-19-17(26)15(21-23-18)9-12-5-3-2-4-6-12/h2-8,10,24-25H,9H2,1H3,(H2,19,22,23,26)/b20-11+. The van der Waals surface area contributed by atoms with Crippen molar-refractivity contribution in [3.05, 3.63) is 75.7 Å². The number of benzene rings is 2. The molecule has 3 aromatic rings. The molecule has 0 amide bonds. The SMILES string of the molecule is C/C(=N\Nc1nnc(Cc2ccccc2)c(=O)[nH]1)c1ccc(O)cc1O. The van der Waals surface area contributed by atoms with Crippen LogP contribution in [0.25, 0.3) is 0 Å². The molecule has 4 N–H and O–H groups in total. The molecule has 0 aliphatic heterocycles. The monoisotopic (exact) mass is 351 g/mol. The van der Waals surface area contributed by atoms with Crippen LogP contribution in [0.4, 0.5) is 5.95 Å². The van der Waals surface area contributed by atoms with Gasteiger partial charge in [-0.15, -0.1) is 10.2 Å². The third-order valence-electron chi connectivity index (χ3n) is 3.68. The molecular formula is C18H17N5O3. The van der Waals surface area contributed by atoms with Crippen molar-refractivity contribution < 1.29 is 10.2 Å². The van der Waals surface area contributed by atoms with Crippen LogP contribution in [-0.4, -0.2) is 31.1 Å². The number of rotatable bonds is 5. The van der Waals surface area contributed by atoms with Gasteiger partial charge in [0.05, 0.1) is 5.71 Å². The molecule has 0 atom stereocenters. The summed E-state index contributed by atoms with van der Waals surface area (Å²) in [5.41, 5.74) is 4.39. The number of phenolic OH excluding ortho intramolecular Hbond substituents is 2. The van der Waals surface area contributed by atoms with Crippen LogP contribution in [0.2, 0.25) is 0 Å². The molecule has 8 heteroatoms. The average Bonchev–Trinajstić information content (AvgIpc) is 2.62. The molecular weight excluding hydrogens is 334 g/mol. The van der Waals surface area contributed by atoms with E-state index in [-0.39, 0.29) is 23.0 Å². The Kier molecular flexibility index (Phi) is 4.93. The summed E-state index contributed by atoms with van der Waals surface area (Å²) in [4.78, 5) is 14.7. The van der Waals surface area contributed by atoms with Gasteiger partial charge in [0.15, 0.2) is 0 Å². The highest BCUT2D eigenvalue weighted by Gasteiger charge is 2.08. The lowest BCUT2D eigenvalue weighted by Gasteiger charge is -2.06. The summed E-state index contributed by atoms with van der Waals surface area (Å²) in [5, 5.41) is 31.1. The zero-order valence-corrected chi connectivity index (χ0v) is 14.0. The Labute approximate surface area is 148 Å². The van der Waals surface area contributed by atoms with E-state index in [0.29, 0.717) is 23.4 Å². The van der Waals surface area contributed by atoms with E-state index in [1.807, 2.05) is 30.3 Å². The number of phenols is 2. The number of hydrogen-bond donors (Lipinski definition) is 4. The number of nitrogens with zero attached hydrogens (tertiary/aromatic N) is 3. The molecule has 3 rings (SSSR count). The molecule has 0 spiro atoms. The Hall–Kier alpha value is -3.68. The van der Waals surface area contributed by atoms with Crippen molar-refractivity contribution in [1.82, 2.24) is 15.2 Å². The lowest BCUT2D eigenvalue weighted by Crippen LogP contribution is -2.19. The van der Waals surface area contributed by atoms with E-state index in [1.54, 1.807) is 6.92 Å². The van der Waals surface area contributed by atoms with Crippen LogP contribution in [-0.2, 0) is 6.42 Å². The predicted octanol–water partition coefficient (Wildman–Crippen LogP) is 2.00. The first-order valence-electron chi connectivity index (χ1n) is 7.85. The van der Waals surface area contributed by atoms with Gasteiger partial charge in [-0.25, -0.2) is 5.43 Å². The van der Waals surface area contributed by atoms with Gasteiger partial charge in [-0.1, -0.05) is 30.3 Å². The summed E-state index contributed by atoms with van der Waals surface area (Å²) in [7, 11) is 0. The molecule has 0 radical (unpaired) electrons. The molecule has 132 valence electrons. The van der Waals surface area contributed by atoms with Crippen LogP contribution in [0, 0.1) is 0 Å². The molecule has 2 aromatic carbocycles. The normalized spacial score (nSPS) is 11.3. The van der Waals surface area contributed by atoms with Gasteiger partial charge in [-0.2, -0.15) is 5.10 Å². The Morgan fingerprint density at radius 3 is 2.62 bits per heavy atom. The Morgan fingerprint density at radius 2 is 1.92 bits per heavy atom. The minimum Gasteiger partial charge on any atom is -0.508 e. The van der Waals surface area contributed by atoms with Gasteiger partial charge in [0.25, 0.3) is 5.56 Å². The van der Waals surface area contributed by atoms with Gasteiger partial charge < -0.3 is 10.2 Å². The molecule has 0 bridgehead atoms. The summed E-state index contributed by atoms with van der Waals surface area (Å²) >= 11 is 0. The number of H-pyrrole nitrogens is 1. The van der Waals surface area contributed by atoms with Crippen molar-refractivity contribution in [2.75, 3.05) is 5.43 Å². The smallest absolute Gasteiger partial charge is 0.274 e. The van der Waals surface area contributed by atoms with Crippen molar-refractivity contribution in [2.45, 2.75) is 13.3 Å². The number of aromatic nitrogens is 3. The Bertz CT molecular complexity index is 999. The number of aromatic amines is 1. The number of nitrogens with one attached hydrogen (secondary N) is 2. The molecule has 0 aliphatic rings. The number of hydrogen-bond acceptors (Lipinski definition) is 7. The van der Waals surface area contributed by atoms with Crippen LogP contribution in [0.15, 0.2) is 58.4 Å². The van der Waals surface area contributed by atoms with Crippen molar-refractivity contribution in [3.8, 4) is 11.5 Å². The topological polar surface area (TPSA) is 123 Å². The van der Waals surface area contributed by atoms with E-state index < -0.39 is 0 Å². The van der Waals surface area contributed by atoms with Gasteiger partial charge >= 0.3 is 0 Å². The third-order valence-corrected chi connectivity index (χ3v) is 3.68. The fourth-order valence-electron chi connectivity index (χ4n) is 2.34. The molecule has 1 aromatic heterocycles. The van der Waals surface area contributed by atoms with Gasteiger partial charge in [0.1, 0.15) is 17.2 Å². The van der Waals surface area contributed by atoms with Crippen LogP contribution < -0.4 is 11.0 Å². The Balaban J connectivity index is 1.74. The van der Waals surface area contributed by atoms with Gasteiger partial charge in [0, 0.05) is 18.1 Å². The fourth-order valence-corrected chi connectivity index (χ4v) is 2.34. The van der Waals surface area contributed by atoms with Crippen molar-refractivity contribution in [1.29, 1.82) is 0 Å². The minimum atomic E-state index is -0.355. The third kappa shape index (κ3) is 4.04. The summed E-state index contributed by atoms with van der Waals surface area (Å²) in [6, 6.07) is 13.7. The fraction of sp³-hybridized carbons (Fsp3) is 0.111. The van der Waals surface area contributed by atoms with Crippen LogP contribution in [0.1, 0.15) is 23.7 Å². The molecule has 8 nitrogen and oxygen atoms in total. The van der Waals surface area contributed by atoms with Crippen molar-refractivity contribution in [3.63, 3.8) is 0 Å². The zero-order valence-electron chi connectivity index (χ0n) is 14.0. The Morgan fingerprint density at radius 1 is 1.15 bits per heavy atom. The van der Waals surface area contributed by atoms with E-state index in [9.17, 15) is 15.0 Å². The second kappa shape index (κ2) is 7.47. The highest BCUT2D eigenvalue weighted by molar-refractivity contribution is 6.01. The van der Waals surface area contributed by atoms with Crippen molar-refractivity contribution in [2.24, 2.45) is 5.10 Å². The first-order chi connectivity index (χ1) is 12.5. The van der Waals surface area contributed by atoms with E-state index >= 15 is 0 Å². The van der Waals surface area contributed by atoms with Crippen LogP contribution >= 0.6 is 0 Å². The number of hydrazone groups is 1. The largest absolute Gasteiger partial charge is 0.508 e. The molecule has 1 heterocycles. The summed E-state index contributed by atoms with van der Waals surface area (Å²) in [5.74, 6) is -0.0634. The summed E-state index contributed by atoms with van der Waals surface area (Å²) in [6.45, 7) is 1.66. The molecule has 0 saturated heterocycles. The molecule has 0 aliphatic carbocycles. The average molecular weight is 351 g/mol. The van der Waals surface area contributed by atoms with Crippen LogP contribution in [0.5, 0.6) is 11.5 Å². The number of anilines is 1. The maximum atomic E-state index is 12.1. The summed E-state index contributed by atoms with van der Waals surface area (Å²) in [6.07, 6.45) is 0.382. The molecule has 26 heavy (non-hydrogen) atoms. The van der Waals surface area contributed by atoms with Gasteiger partial charge in [0.2, 0.25) is 5.95 Å². The first kappa shape index (κ1) is 17.2. The molecule has 0 unspecified atom stereocenters. The van der Waals surface area contributed by atoms with E-state index in [2.05, 4.69) is 25.7 Å². The molecule has 0 saturated carbocycles. The van der Waals surface area contributed by atoms with E-state index in [0.717, 1.165) is 5.56 Å². The highest BCUT2D eigenvalue weighted by atomic mass is 16.3. The maximum absolute atomic E-state index is 12.1. The van der Waals surface area contributed by atoms with E-state index in [4.69, 9.17) is 0 Å². The highest BCUT2D eigenvalue weighted by Crippen LogP contribution is 2.23. The second-order valence-electron chi connectivity index (χ2n) is 5.62. The predicted molar refractivity (Wildman–Crippen MR) is 97.5 cm³/mol. The summed E-state index contributed by atoms with van der Waals surface area (Å²) < 4.78 is 0. The zero-order chi connectivity index (χ0) is 18.5. The van der Waals surface area contributed by atoms with E-state index in [1.165, 1.54) is 18.2 Å². The van der Waals surface area contributed by atoms with Gasteiger partial charge in [-0.3, -0.25) is 9.78 Å². The minimum absolute atomic E-state index is 0.0452. The lowest BCUT2D eigenvalue weighted by molar-refractivity contribution is 0.450. The van der Waals surface area contributed by atoms with Gasteiger partial charge in [-0.05, 0) is 24.6 Å². The first-order valence-corrected chi connectivity index (χ1v) is 7.85.